The minimum absolute atomic E-state index is 0.0234. The molecule has 32 heavy (non-hydrogen) atoms. The van der Waals surface area contributed by atoms with E-state index in [4.69, 9.17) is 5.73 Å². The van der Waals surface area contributed by atoms with Crippen molar-refractivity contribution in [3.05, 3.63) is 28.8 Å². The molecule has 3 aliphatic rings. The first-order valence-electron chi connectivity index (χ1n) is 10.3. The summed E-state index contributed by atoms with van der Waals surface area (Å²) in [6.07, 6.45) is 0.112. The summed E-state index contributed by atoms with van der Waals surface area (Å²) in [4.78, 5) is 66.3. The second-order valence-corrected chi connectivity index (χ2v) is 9.04. The number of phenols is 1. The van der Waals surface area contributed by atoms with Gasteiger partial charge < -0.3 is 21.1 Å². The van der Waals surface area contributed by atoms with E-state index in [2.05, 4.69) is 0 Å². The highest BCUT2D eigenvalue weighted by Gasteiger charge is 2.69. The van der Waals surface area contributed by atoms with Gasteiger partial charge in [0.15, 0.2) is 34.7 Å². The van der Waals surface area contributed by atoms with Crippen molar-refractivity contribution < 1.29 is 39.3 Å². The van der Waals surface area contributed by atoms with Gasteiger partial charge in [0, 0.05) is 5.92 Å². The lowest BCUT2D eigenvalue weighted by molar-refractivity contribution is -0.181. The van der Waals surface area contributed by atoms with Crippen molar-refractivity contribution in [3.63, 3.8) is 0 Å². The Morgan fingerprint density at radius 1 is 1.19 bits per heavy atom. The fourth-order valence-corrected chi connectivity index (χ4v) is 5.82. The molecule has 1 aromatic carbocycles. The van der Waals surface area contributed by atoms with Gasteiger partial charge in [-0.05, 0) is 50.0 Å². The number of benzene rings is 1. The van der Waals surface area contributed by atoms with Crippen LogP contribution in [0.15, 0.2) is 12.1 Å². The monoisotopic (exact) mass is 444 g/mol. The lowest BCUT2D eigenvalue weighted by Crippen LogP contribution is -2.74. The number of Topliss-reactive ketones (excluding diaryl/α,β-unsaturated/α-hetero) is 4. The first kappa shape index (κ1) is 22.3. The van der Waals surface area contributed by atoms with E-state index in [0.717, 1.165) is 0 Å². The fourth-order valence-electron chi connectivity index (χ4n) is 5.82. The van der Waals surface area contributed by atoms with Crippen LogP contribution in [0.1, 0.15) is 27.9 Å². The molecular formula is C22H24N2O8. The van der Waals surface area contributed by atoms with Gasteiger partial charge in [-0.25, -0.2) is 0 Å². The lowest BCUT2D eigenvalue weighted by atomic mass is 9.52. The van der Waals surface area contributed by atoms with Crippen LogP contribution in [0, 0.1) is 23.7 Å². The Hall–Kier alpha value is -2.95. The predicted octanol–water partition coefficient (Wildman–Crippen LogP) is -1.64. The largest absolute Gasteiger partial charge is 0.507 e. The van der Waals surface area contributed by atoms with Gasteiger partial charge in [0.05, 0.1) is 24.1 Å². The zero-order chi connectivity index (χ0) is 23.7. The van der Waals surface area contributed by atoms with E-state index in [0.29, 0.717) is 11.1 Å². The number of nitrogens with zero attached hydrogens (tertiary/aromatic N) is 1. The van der Waals surface area contributed by atoms with Crippen molar-refractivity contribution in [2.45, 2.75) is 31.1 Å². The molecule has 0 spiro atoms. The summed E-state index contributed by atoms with van der Waals surface area (Å²) in [5.41, 5.74) is 3.24. The fraction of sp³-hybridized carbons (Fsp3) is 0.500. The van der Waals surface area contributed by atoms with Gasteiger partial charge in [0.1, 0.15) is 5.75 Å². The number of aromatic hydroxyl groups is 1. The third-order valence-corrected chi connectivity index (χ3v) is 7.21. The lowest BCUT2D eigenvalue weighted by Gasteiger charge is -2.52. The zero-order valence-corrected chi connectivity index (χ0v) is 17.6. The highest BCUT2D eigenvalue weighted by molar-refractivity contribution is 6.32. The van der Waals surface area contributed by atoms with Crippen molar-refractivity contribution in [3.8, 4) is 5.75 Å². The first-order valence-corrected chi connectivity index (χ1v) is 10.3. The summed E-state index contributed by atoms with van der Waals surface area (Å²) in [6, 6.07) is 1.58. The highest BCUT2D eigenvalue weighted by atomic mass is 16.3. The van der Waals surface area contributed by atoms with E-state index in [1.807, 2.05) is 0 Å². The number of phenolic OH excluding ortho intramolecular Hbond substituents is 1. The van der Waals surface area contributed by atoms with Crippen LogP contribution in [-0.4, -0.2) is 75.0 Å². The van der Waals surface area contributed by atoms with Crippen molar-refractivity contribution in [2.24, 2.45) is 29.4 Å². The maximum atomic E-state index is 13.6. The van der Waals surface area contributed by atoms with Crippen molar-refractivity contribution in [1.82, 2.24) is 4.90 Å². The molecule has 170 valence electrons. The average Bonchev–Trinajstić information content (AvgIpc) is 2.70. The number of rotatable bonds is 3. The summed E-state index contributed by atoms with van der Waals surface area (Å²) in [5, 5.41) is 31.4. The number of aliphatic hydroxyl groups is 2. The zero-order valence-electron chi connectivity index (χ0n) is 17.6. The topological polar surface area (TPSA) is 175 Å². The summed E-state index contributed by atoms with van der Waals surface area (Å²) < 4.78 is 0. The number of ketones is 4. The van der Waals surface area contributed by atoms with E-state index in [1.165, 1.54) is 31.1 Å². The number of hydrogen-bond donors (Lipinski definition) is 4. The standard InChI is InChI=1S/C22H24N2O8/c1-24(2)16-11-6-9-5-10-8(7-25)3-4-12(26)14(10)17(27)13(9)19(29)22(11,32)20(30)15(18(16)28)21(23)31/h3-4,9,11,13,15-16,25-26,32H,5-7H2,1-2H3,(H2,23,31)/t9-,11-,13?,15?,16-,22-/m1/s1. The SMILES string of the molecule is CN(C)[C@H]1C(=O)C(C(N)=O)C(=O)[C@]2(O)C(=O)C3C(=O)c4c(O)ccc(CO)c4C[C@@H]3C[C@H]12. The smallest absolute Gasteiger partial charge is 0.235 e. The third kappa shape index (κ3) is 2.73. The number of amides is 1. The number of primary amides is 1. The van der Waals surface area contributed by atoms with Crippen LogP contribution in [0.2, 0.25) is 0 Å². The Morgan fingerprint density at radius 2 is 1.84 bits per heavy atom. The van der Waals surface area contributed by atoms with Crippen LogP contribution < -0.4 is 5.73 Å². The van der Waals surface area contributed by atoms with E-state index >= 15 is 0 Å². The van der Waals surface area contributed by atoms with Gasteiger partial charge in [-0.3, -0.25) is 28.9 Å². The Balaban J connectivity index is 1.88. The molecule has 3 aliphatic carbocycles. The van der Waals surface area contributed by atoms with Gasteiger partial charge in [-0.2, -0.15) is 0 Å². The molecule has 6 atom stereocenters. The number of hydrogen-bond acceptors (Lipinski definition) is 9. The second-order valence-electron chi connectivity index (χ2n) is 9.04. The number of nitrogens with two attached hydrogens (primary N) is 1. The maximum Gasteiger partial charge on any atom is 0.235 e. The molecule has 4 rings (SSSR count). The first-order chi connectivity index (χ1) is 15.0. The van der Waals surface area contributed by atoms with Crippen LogP contribution >= 0.6 is 0 Å². The van der Waals surface area contributed by atoms with Gasteiger partial charge in [0.25, 0.3) is 0 Å². The van der Waals surface area contributed by atoms with E-state index in [-0.39, 0.29) is 30.8 Å². The molecular weight excluding hydrogens is 420 g/mol. The Bertz CT molecular complexity index is 1080. The number of aliphatic hydroxyl groups excluding tert-OH is 1. The van der Waals surface area contributed by atoms with Crippen LogP contribution in [0.4, 0.5) is 0 Å². The predicted molar refractivity (Wildman–Crippen MR) is 107 cm³/mol. The Kier molecular flexibility index (Phi) is 5.07. The number of carbonyl (C=O) groups excluding carboxylic acids is 5. The molecule has 2 fully saturated rings. The highest BCUT2D eigenvalue weighted by Crippen LogP contribution is 2.50. The van der Waals surface area contributed by atoms with Gasteiger partial charge in [-0.1, -0.05) is 6.07 Å². The van der Waals surface area contributed by atoms with Crippen LogP contribution in [0.25, 0.3) is 0 Å². The van der Waals surface area contributed by atoms with E-state index < -0.39 is 64.4 Å². The molecule has 0 heterocycles. The normalized spacial score (nSPS) is 34.2. The number of carbonyl (C=O) groups is 5. The molecule has 0 saturated heterocycles. The third-order valence-electron chi connectivity index (χ3n) is 7.21. The van der Waals surface area contributed by atoms with E-state index in [9.17, 15) is 39.3 Å². The molecule has 5 N–H and O–H groups in total. The average molecular weight is 444 g/mol. The molecule has 0 radical (unpaired) electrons. The molecule has 0 bridgehead atoms. The van der Waals surface area contributed by atoms with Crippen LogP contribution in [0.5, 0.6) is 5.75 Å². The molecule has 10 nitrogen and oxygen atoms in total. The Morgan fingerprint density at radius 3 is 2.41 bits per heavy atom. The van der Waals surface area contributed by atoms with Gasteiger partial charge >= 0.3 is 0 Å². The van der Waals surface area contributed by atoms with Crippen molar-refractivity contribution >= 4 is 29.0 Å². The summed E-state index contributed by atoms with van der Waals surface area (Å²) in [7, 11) is 3.05. The number of fused-ring (bicyclic) bond motifs is 3. The molecule has 0 aromatic heterocycles. The summed E-state index contributed by atoms with van der Waals surface area (Å²) in [5.74, 6) is -10.8. The van der Waals surface area contributed by atoms with Crippen molar-refractivity contribution in [1.29, 1.82) is 0 Å². The number of likely N-dealkylation sites (N-methyl/N-ethyl adjacent to an activating group) is 1. The summed E-state index contributed by atoms with van der Waals surface area (Å²) >= 11 is 0. The van der Waals surface area contributed by atoms with Crippen molar-refractivity contribution in [2.75, 3.05) is 14.1 Å². The Labute approximate surface area is 183 Å². The molecule has 1 aromatic rings. The van der Waals surface area contributed by atoms with E-state index in [1.54, 1.807) is 0 Å². The van der Waals surface area contributed by atoms with Gasteiger partial charge in [0.2, 0.25) is 5.91 Å². The minimum Gasteiger partial charge on any atom is -0.507 e. The van der Waals surface area contributed by atoms with Gasteiger partial charge in [-0.15, -0.1) is 0 Å². The molecule has 0 aliphatic heterocycles. The second kappa shape index (κ2) is 7.29. The van der Waals surface area contributed by atoms with Crippen LogP contribution in [-0.2, 0) is 32.2 Å². The molecule has 2 unspecified atom stereocenters. The summed E-state index contributed by atoms with van der Waals surface area (Å²) in [6.45, 7) is -0.383. The molecule has 2 saturated carbocycles. The molecule has 1 amide bonds. The minimum atomic E-state index is -2.74. The molecule has 10 heteroatoms. The maximum absolute atomic E-state index is 13.6. The van der Waals surface area contributed by atoms with Crippen LogP contribution in [0.3, 0.4) is 0 Å². The quantitative estimate of drug-likeness (QED) is 0.398.